The first-order valence-corrected chi connectivity index (χ1v) is 8.47. The largest absolute Gasteiger partial charge is 0.481 e. The van der Waals surface area contributed by atoms with Crippen molar-refractivity contribution in [2.45, 2.75) is 71.1 Å². The SMILES string of the molecule is CC(=O)O.CCCO[C@H]1C[C@@H](c2nc(C)nn2CCO)CC[C@@H]1N. The van der Waals surface area contributed by atoms with Crippen molar-refractivity contribution in [3.63, 3.8) is 0 Å². The molecule has 0 unspecified atom stereocenters. The van der Waals surface area contributed by atoms with Crippen molar-refractivity contribution in [1.82, 2.24) is 14.8 Å². The molecule has 0 radical (unpaired) electrons. The van der Waals surface area contributed by atoms with Crippen molar-refractivity contribution in [3.8, 4) is 0 Å². The highest BCUT2D eigenvalue weighted by molar-refractivity contribution is 5.62. The van der Waals surface area contributed by atoms with E-state index < -0.39 is 5.97 Å². The second kappa shape index (κ2) is 10.4. The number of carboxylic acid groups (broad SMARTS) is 1. The van der Waals surface area contributed by atoms with Crippen LogP contribution in [0.25, 0.3) is 0 Å². The molecule has 138 valence electrons. The molecule has 4 N–H and O–H groups in total. The van der Waals surface area contributed by atoms with Gasteiger partial charge in [-0.2, -0.15) is 5.10 Å². The van der Waals surface area contributed by atoms with E-state index in [0.717, 1.165) is 50.9 Å². The number of aryl methyl sites for hydroxylation is 1. The number of aromatic nitrogens is 3. The topological polar surface area (TPSA) is 123 Å². The van der Waals surface area contributed by atoms with E-state index in [0.29, 0.717) is 12.5 Å². The summed E-state index contributed by atoms with van der Waals surface area (Å²) in [5.41, 5.74) is 6.15. The minimum atomic E-state index is -0.833. The van der Waals surface area contributed by atoms with Gasteiger partial charge in [-0.15, -0.1) is 0 Å². The second-order valence-electron chi connectivity index (χ2n) is 6.07. The van der Waals surface area contributed by atoms with Crippen molar-refractivity contribution in [1.29, 1.82) is 0 Å². The summed E-state index contributed by atoms with van der Waals surface area (Å²) in [5.74, 6) is 1.22. The van der Waals surface area contributed by atoms with Crippen LogP contribution in [0.4, 0.5) is 0 Å². The Balaban J connectivity index is 0.000000648. The average molecular weight is 342 g/mol. The van der Waals surface area contributed by atoms with Gasteiger partial charge in [0.1, 0.15) is 11.6 Å². The van der Waals surface area contributed by atoms with E-state index in [-0.39, 0.29) is 18.8 Å². The van der Waals surface area contributed by atoms with E-state index in [1.54, 1.807) is 0 Å². The predicted molar refractivity (Wildman–Crippen MR) is 89.8 cm³/mol. The quantitative estimate of drug-likeness (QED) is 0.706. The van der Waals surface area contributed by atoms with Crippen LogP contribution in [0.3, 0.4) is 0 Å². The van der Waals surface area contributed by atoms with Gasteiger partial charge in [-0.25, -0.2) is 9.67 Å². The highest BCUT2D eigenvalue weighted by Crippen LogP contribution is 2.33. The number of hydrogen-bond acceptors (Lipinski definition) is 6. The Morgan fingerprint density at radius 1 is 1.46 bits per heavy atom. The maximum atomic E-state index is 9.13. The van der Waals surface area contributed by atoms with Gasteiger partial charge < -0.3 is 20.7 Å². The Kier molecular flexibility index (Phi) is 8.88. The Labute approximate surface area is 143 Å². The standard InChI is InChI=1S/C14H26N4O2.C2H4O2/c1-3-8-20-13-9-11(4-5-12(13)15)14-16-10(2)17-18(14)6-7-19;1-2(3)4/h11-13,19H,3-9,15H2,1-2H3;1H3,(H,3,4)/t11-,12-,13-;/m0./s1. The van der Waals surface area contributed by atoms with Crippen LogP contribution in [0.5, 0.6) is 0 Å². The molecule has 0 spiro atoms. The molecule has 8 nitrogen and oxygen atoms in total. The molecule has 3 atom stereocenters. The lowest BCUT2D eigenvalue weighted by atomic mass is 9.83. The van der Waals surface area contributed by atoms with E-state index in [1.165, 1.54) is 0 Å². The van der Waals surface area contributed by atoms with Crippen LogP contribution in [0, 0.1) is 6.92 Å². The van der Waals surface area contributed by atoms with Gasteiger partial charge in [0.25, 0.3) is 5.97 Å². The van der Waals surface area contributed by atoms with Crippen LogP contribution in [0.1, 0.15) is 57.1 Å². The molecular formula is C16H30N4O4. The number of carbonyl (C=O) groups is 1. The number of aliphatic carboxylic acids is 1. The minimum Gasteiger partial charge on any atom is -0.481 e. The van der Waals surface area contributed by atoms with Gasteiger partial charge in [-0.3, -0.25) is 4.79 Å². The average Bonchev–Trinajstić information content (AvgIpc) is 2.87. The van der Waals surface area contributed by atoms with Crippen LogP contribution in [0.15, 0.2) is 0 Å². The van der Waals surface area contributed by atoms with Gasteiger partial charge in [0, 0.05) is 25.5 Å². The summed E-state index contributed by atoms with van der Waals surface area (Å²) in [6.45, 7) is 6.41. The fourth-order valence-corrected chi connectivity index (χ4v) is 2.88. The first-order chi connectivity index (χ1) is 11.4. The molecule has 1 fully saturated rings. The van der Waals surface area contributed by atoms with Gasteiger partial charge in [0.05, 0.1) is 19.3 Å². The van der Waals surface area contributed by atoms with Gasteiger partial charge in [0.15, 0.2) is 0 Å². The lowest BCUT2D eigenvalue weighted by Crippen LogP contribution is -2.42. The molecule has 1 aliphatic carbocycles. The normalized spacial score (nSPS) is 23.5. The van der Waals surface area contributed by atoms with E-state index >= 15 is 0 Å². The predicted octanol–water partition coefficient (Wildman–Crippen LogP) is 1.06. The Bertz CT molecular complexity index is 502. The first kappa shape index (κ1) is 20.5. The zero-order valence-corrected chi connectivity index (χ0v) is 14.8. The summed E-state index contributed by atoms with van der Waals surface area (Å²) in [6.07, 6.45) is 3.97. The maximum Gasteiger partial charge on any atom is 0.300 e. The molecule has 0 bridgehead atoms. The number of nitrogens with zero attached hydrogens (tertiary/aromatic N) is 3. The molecule has 1 aromatic heterocycles. The Morgan fingerprint density at radius 2 is 2.12 bits per heavy atom. The van der Waals surface area contributed by atoms with Crippen molar-refractivity contribution in [2.24, 2.45) is 5.73 Å². The monoisotopic (exact) mass is 342 g/mol. The van der Waals surface area contributed by atoms with Gasteiger partial charge in [-0.05, 0) is 32.6 Å². The molecule has 1 saturated carbocycles. The number of carboxylic acids is 1. The van der Waals surface area contributed by atoms with Gasteiger partial charge >= 0.3 is 0 Å². The Hall–Kier alpha value is -1.51. The molecule has 0 saturated heterocycles. The molecule has 0 aromatic carbocycles. The highest BCUT2D eigenvalue weighted by atomic mass is 16.5. The molecule has 0 aliphatic heterocycles. The van der Waals surface area contributed by atoms with Crippen molar-refractivity contribution in [2.75, 3.05) is 13.2 Å². The summed E-state index contributed by atoms with van der Waals surface area (Å²) in [4.78, 5) is 13.5. The van der Waals surface area contributed by atoms with Crippen molar-refractivity contribution in [3.05, 3.63) is 11.6 Å². The maximum absolute atomic E-state index is 9.13. The van der Waals surface area contributed by atoms with E-state index in [4.69, 9.17) is 25.5 Å². The third kappa shape index (κ3) is 6.54. The van der Waals surface area contributed by atoms with Crippen molar-refractivity contribution < 1.29 is 19.7 Å². The van der Waals surface area contributed by atoms with E-state index in [9.17, 15) is 0 Å². The summed E-state index contributed by atoms with van der Waals surface area (Å²) < 4.78 is 7.70. The van der Waals surface area contributed by atoms with Crippen LogP contribution in [0.2, 0.25) is 0 Å². The fourth-order valence-electron chi connectivity index (χ4n) is 2.88. The number of aliphatic hydroxyl groups excluding tert-OH is 1. The molecule has 1 aliphatic rings. The van der Waals surface area contributed by atoms with E-state index in [2.05, 4.69) is 17.0 Å². The van der Waals surface area contributed by atoms with Crippen LogP contribution in [-0.2, 0) is 16.1 Å². The molecule has 1 heterocycles. The highest BCUT2D eigenvalue weighted by Gasteiger charge is 2.32. The van der Waals surface area contributed by atoms with Crippen LogP contribution < -0.4 is 5.73 Å². The molecule has 2 rings (SSSR count). The van der Waals surface area contributed by atoms with Gasteiger partial charge in [0.2, 0.25) is 0 Å². The van der Waals surface area contributed by atoms with Crippen LogP contribution in [-0.4, -0.2) is 56.3 Å². The molecule has 24 heavy (non-hydrogen) atoms. The summed E-state index contributed by atoms with van der Waals surface area (Å²) in [6, 6.07) is 0.119. The third-order valence-corrected chi connectivity index (χ3v) is 3.86. The number of nitrogens with two attached hydrogens (primary N) is 1. The van der Waals surface area contributed by atoms with E-state index in [1.807, 2.05) is 11.6 Å². The van der Waals surface area contributed by atoms with Crippen molar-refractivity contribution >= 4 is 5.97 Å². The summed E-state index contributed by atoms with van der Waals surface area (Å²) in [5, 5.41) is 20.9. The zero-order valence-electron chi connectivity index (χ0n) is 14.8. The molecule has 0 amide bonds. The lowest BCUT2D eigenvalue weighted by molar-refractivity contribution is -0.134. The fraction of sp³-hybridized carbons (Fsp3) is 0.812. The molecule has 8 heteroatoms. The minimum absolute atomic E-state index is 0.0811. The number of rotatable bonds is 6. The number of hydrogen-bond donors (Lipinski definition) is 3. The van der Waals surface area contributed by atoms with Crippen LogP contribution >= 0.6 is 0 Å². The number of ether oxygens (including phenoxy) is 1. The smallest absolute Gasteiger partial charge is 0.300 e. The molecule has 1 aromatic rings. The Morgan fingerprint density at radius 3 is 2.71 bits per heavy atom. The zero-order chi connectivity index (χ0) is 18.1. The third-order valence-electron chi connectivity index (χ3n) is 3.86. The number of aliphatic hydroxyl groups is 1. The molecular weight excluding hydrogens is 312 g/mol. The first-order valence-electron chi connectivity index (χ1n) is 8.47. The second-order valence-corrected chi connectivity index (χ2v) is 6.07. The van der Waals surface area contributed by atoms with Gasteiger partial charge in [-0.1, -0.05) is 6.92 Å². The lowest BCUT2D eigenvalue weighted by Gasteiger charge is -2.33. The summed E-state index contributed by atoms with van der Waals surface area (Å²) >= 11 is 0. The summed E-state index contributed by atoms with van der Waals surface area (Å²) in [7, 11) is 0.